The molecule has 0 fully saturated rings. The van der Waals surface area contributed by atoms with Crippen molar-refractivity contribution in [3.05, 3.63) is 90.8 Å². The van der Waals surface area contributed by atoms with Crippen LogP contribution in [0.5, 0.6) is 0 Å². The van der Waals surface area contributed by atoms with Gasteiger partial charge in [0.05, 0.1) is 11.7 Å². The van der Waals surface area contributed by atoms with Crippen LogP contribution in [0, 0.1) is 0 Å². The zero-order valence-corrected chi connectivity index (χ0v) is 14.5. The minimum Gasteiger partial charge on any atom is -0.261 e. The van der Waals surface area contributed by atoms with Gasteiger partial charge in [-0.1, -0.05) is 60.7 Å². The average Bonchev–Trinajstić information content (AvgIpc) is 2.73. The van der Waals surface area contributed by atoms with Gasteiger partial charge in [-0.15, -0.1) is 0 Å². The van der Waals surface area contributed by atoms with E-state index in [2.05, 4.69) is 75.1 Å². The number of fused-ring (bicyclic) bond motifs is 3. The highest BCUT2D eigenvalue weighted by molar-refractivity contribution is 6.13. The van der Waals surface area contributed by atoms with Gasteiger partial charge in [-0.05, 0) is 39.7 Å². The van der Waals surface area contributed by atoms with E-state index in [0.717, 1.165) is 16.5 Å². The molecule has 0 amide bonds. The van der Waals surface area contributed by atoms with E-state index in [-0.39, 0.29) is 0 Å². The van der Waals surface area contributed by atoms with Gasteiger partial charge in [0.15, 0.2) is 5.82 Å². The summed E-state index contributed by atoms with van der Waals surface area (Å²) in [5.41, 5.74) is 5.07. The number of rotatable bonds is 3. The Balaban J connectivity index is 1.61. The molecule has 4 heteroatoms. The van der Waals surface area contributed by atoms with Crippen molar-refractivity contribution in [2.75, 3.05) is 5.43 Å². The molecule has 0 aliphatic carbocycles. The van der Waals surface area contributed by atoms with Gasteiger partial charge in [-0.2, -0.15) is 5.10 Å². The van der Waals surface area contributed by atoms with Crippen molar-refractivity contribution < 1.29 is 0 Å². The summed E-state index contributed by atoms with van der Waals surface area (Å²) in [6.45, 7) is 0. The molecule has 0 saturated heterocycles. The second-order valence-electron chi connectivity index (χ2n) is 6.34. The monoisotopic (exact) mass is 348 g/mol. The Morgan fingerprint density at radius 3 is 2.07 bits per heavy atom. The molecule has 0 radical (unpaired) electrons. The lowest BCUT2D eigenvalue weighted by molar-refractivity contribution is 1.18. The van der Waals surface area contributed by atoms with E-state index in [1.165, 1.54) is 21.5 Å². The highest BCUT2D eigenvalue weighted by Gasteiger charge is 2.06. The second-order valence-corrected chi connectivity index (χ2v) is 6.34. The summed E-state index contributed by atoms with van der Waals surface area (Å²) < 4.78 is 0. The number of anilines is 1. The lowest BCUT2D eigenvalue weighted by Gasteiger charge is -2.08. The number of nitrogens with zero attached hydrogens (tertiary/aromatic N) is 3. The van der Waals surface area contributed by atoms with Gasteiger partial charge in [0.25, 0.3) is 0 Å². The van der Waals surface area contributed by atoms with Crippen molar-refractivity contribution in [3.63, 3.8) is 0 Å². The van der Waals surface area contributed by atoms with Crippen molar-refractivity contribution in [2.45, 2.75) is 0 Å². The van der Waals surface area contributed by atoms with Crippen LogP contribution in [0.25, 0.3) is 32.4 Å². The van der Waals surface area contributed by atoms with Crippen LogP contribution in [0.3, 0.4) is 0 Å². The summed E-state index contributed by atoms with van der Waals surface area (Å²) in [7, 11) is 0. The summed E-state index contributed by atoms with van der Waals surface area (Å²) in [5.74, 6) is 0.696. The molecule has 0 bridgehead atoms. The van der Waals surface area contributed by atoms with Crippen LogP contribution in [-0.4, -0.2) is 16.2 Å². The van der Waals surface area contributed by atoms with E-state index in [0.29, 0.717) is 5.82 Å². The van der Waals surface area contributed by atoms with Crippen LogP contribution in [0.1, 0.15) is 5.56 Å². The fraction of sp³-hybridized carbons (Fsp3) is 0. The molecule has 128 valence electrons. The molecule has 5 rings (SSSR count). The maximum atomic E-state index is 4.50. The number of nitrogens with one attached hydrogen (secondary N) is 1. The molecule has 0 aliphatic rings. The Kier molecular flexibility index (Phi) is 3.72. The third kappa shape index (κ3) is 2.77. The highest BCUT2D eigenvalue weighted by Crippen LogP contribution is 2.27. The average molecular weight is 348 g/mol. The van der Waals surface area contributed by atoms with Crippen molar-refractivity contribution in [1.29, 1.82) is 0 Å². The first-order chi connectivity index (χ1) is 13.4. The van der Waals surface area contributed by atoms with Gasteiger partial charge in [0.1, 0.15) is 6.33 Å². The van der Waals surface area contributed by atoms with Gasteiger partial charge in [0.2, 0.25) is 0 Å². The summed E-state index contributed by atoms with van der Waals surface area (Å²) >= 11 is 0. The predicted octanol–water partition coefficient (Wildman–Crippen LogP) is 5.38. The topological polar surface area (TPSA) is 50.2 Å². The number of aromatic nitrogens is 2. The van der Waals surface area contributed by atoms with Gasteiger partial charge < -0.3 is 0 Å². The van der Waals surface area contributed by atoms with Crippen molar-refractivity contribution in [1.82, 2.24) is 9.97 Å². The number of hydrogen-bond donors (Lipinski definition) is 1. The van der Waals surface area contributed by atoms with Crippen LogP contribution >= 0.6 is 0 Å². The first-order valence-electron chi connectivity index (χ1n) is 8.79. The fourth-order valence-electron chi connectivity index (χ4n) is 3.44. The smallest absolute Gasteiger partial charge is 0.157 e. The van der Waals surface area contributed by atoms with Gasteiger partial charge in [0, 0.05) is 10.9 Å². The number of hydrogen-bond acceptors (Lipinski definition) is 4. The van der Waals surface area contributed by atoms with Crippen LogP contribution in [0.2, 0.25) is 0 Å². The molecule has 1 N–H and O–H groups in total. The van der Waals surface area contributed by atoms with Crippen LogP contribution in [0.4, 0.5) is 5.82 Å². The molecule has 5 aromatic rings. The Hall–Kier alpha value is -3.79. The Morgan fingerprint density at radius 1 is 0.704 bits per heavy atom. The Labute approximate surface area is 156 Å². The molecule has 0 saturated carbocycles. The zero-order chi connectivity index (χ0) is 18.1. The Bertz CT molecular complexity index is 1250. The molecule has 0 spiro atoms. The quantitative estimate of drug-likeness (QED) is 0.270. The predicted molar refractivity (Wildman–Crippen MR) is 112 cm³/mol. The summed E-state index contributed by atoms with van der Waals surface area (Å²) in [4.78, 5) is 8.61. The minimum absolute atomic E-state index is 0.696. The molecule has 0 unspecified atom stereocenters. The normalized spacial score (nSPS) is 11.6. The van der Waals surface area contributed by atoms with Gasteiger partial charge in [-0.3, -0.25) is 5.43 Å². The van der Waals surface area contributed by atoms with Crippen molar-refractivity contribution in [2.24, 2.45) is 5.10 Å². The lowest BCUT2D eigenvalue weighted by atomic mass is 9.97. The van der Waals surface area contributed by atoms with E-state index < -0.39 is 0 Å². The zero-order valence-electron chi connectivity index (χ0n) is 14.5. The molecule has 27 heavy (non-hydrogen) atoms. The van der Waals surface area contributed by atoms with Crippen LogP contribution in [0.15, 0.2) is 90.3 Å². The number of benzene rings is 4. The van der Waals surface area contributed by atoms with Crippen molar-refractivity contribution >= 4 is 44.5 Å². The molecular formula is C23H16N4. The van der Waals surface area contributed by atoms with E-state index in [9.17, 15) is 0 Å². The van der Waals surface area contributed by atoms with Gasteiger partial charge >= 0.3 is 0 Å². The van der Waals surface area contributed by atoms with Crippen molar-refractivity contribution in [3.8, 4) is 0 Å². The Morgan fingerprint density at radius 2 is 1.33 bits per heavy atom. The van der Waals surface area contributed by atoms with Crippen LogP contribution in [-0.2, 0) is 0 Å². The minimum atomic E-state index is 0.696. The molecule has 1 heterocycles. The SMILES string of the molecule is C(=N\Nc1ncnc2ccccc12)/c1c2ccccc2cc2ccccc12. The molecule has 1 aromatic heterocycles. The summed E-state index contributed by atoms with van der Waals surface area (Å²) in [6, 6.07) is 26.8. The third-order valence-electron chi connectivity index (χ3n) is 4.72. The summed E-state index contributed by atoms with van der Waals surface area (Å²) in [5, 5.41) is 10.2. The van der Waals surface area contributed by atoms with E-state index >= 15 is 0 Å². The standard InChI is InChI=1S/C23H16N4/c1-3-9-18-16(7-1)13-17-8-2-4-10-19(17)21(18)14-26-27-23-20-11-5-6-12-22(20)24-15-25-23/h1-15H,(H,24,25,27)/b26-14+. The largest absolute Gasteiger partial charge is 0.261 e. The van der Waals surface area contributed by atoms with E-state index in [4.69, 9.17) is 0 Å². The number of hydrazone groups is 1. The first kappa shape index (κ1) is 15.5. The highest BCUT2D eigenvalue weighted by atomic mass is 15.3. The van der Waals surface area contributed by atoms with Gasteiger partial charge in [-0.25, -0.2) is 9.97 Å². The maximum absolute atomic E-state index is 4.50. The molecule has 4 aromatic carbocycles. The maximum Gasteiger partial charge on any atom is 0.157 e. The summed E-state index contributed by atoms with van der Waals surface area (Å²) in [6.07, 6.45) is 3.43. The number of para-hydroxylation sites is 1. The first-order valence-corrected chi connectivity index (χ1v) is 8.79. The fourth-order valence-corrected chi connectivity index (χ4v) is 3.44. The van der Waals surface area contributed by atoms with E-state index in [1.807, 2.05) is 30.5 Å². The van der Waals surface area contributed by atoms with Crippen LogP contribution < -0.4 is 5.43 Å². The third-order valence-corrected chi connectivity index (χ3v) is 4.72. The molecule has 0 aliphatic heterocycles. The molecular weight excluding hydrogens is 332 g/mol. The molecule has 0 atom stereocenters. The van der Waals surface area contributed by atoms with E-state index in [1.54, 1.807) is 6.33 Å². The lowest BCUT2D eigenvalue weighted by Crippen LogP contribution is -1.96. The second kappa shape index (κ2) is 6.50. The molecule has 4 nitrogen and oxygen atoms in total.